The summed E-state index contributed by atoms with van der Waals surface area (Å²) < 4.78 is 1.38. The summed E-state index contributed by atoms with van der Waals surface area (Å²) in [6.45, 7) is 15.9. The average molecular weight is 1300 g/mol. The van der Waals surface area contributed by atoms with Crippen molar-refractivity contribution in [1.82, 2.24) is 4.90 Å². The Morgan fingerprint density at radius 3 is 1.65 bits per heavy atom. The van der Waals surface area contributed by atoms with Gasteiger partial charge in [0.1, 0.15) is 0 Å². The van der Waals surface area contributed by atoms with Crippen molar-refractivity contribution in [3.63, 3.8) is 0 Å². The van der Waals surface area contributed by atoms with Gasteiger partial charge in [-0.2, -0.15) is 0 Å². The van der Waals surface area contributed by atoms with Crippen LogP contribution in [-0.2, 0) is 115 Å². The maximum absolute atomic E-state index is 4.65. The Bertz CT molecular complexity index is 272. The molecule has 118 valence electrons. The van der Waals surface area contributed by atoms with Crippen LogP contribution in [0.15, 0.2) is 0 Å². The van der Waals surface area contributed by atoms with Gasteiger partial charge in [0.05, 0.1) is 0 Å². The van der Waals surface area contributed by atoms with Gasteiger partial charge < -0.3 is 0 Å². The van der Waals surface area contributed by atoms with Crippen molar-refractivity contribution in [3.8, 4) is 0 Å². The second-order valence-electron chi connectivity index (χ2n) is 6.35. The molecule has 0 aliphatic carbocycles. The predicted molar refractivity (Wildman–Crippen MR) is 62.9 cm³/mol. The minimum atomic E-state index is 0. The van der Waals surface area contributed by atoms with E-state index in [2.05, 4.69) is 51.8 Å². The van der Waals surface area contributed by atoms with E-state index in [-0.39, 0.29) is 74.1 Å². The van der Waals surface area contributed by atoms with Gasteiger partial charge in [0.25, 0.3) is 0 Å². The maximum atomic E-state index is 4.65. The standard InChI is InChI=1S/C12H23N2.6W/c1-11(2,3)10-9-13-7-8-14(10)12(4,5)6;;;;;;/h10H,7-8H2,1-6H3;;;;;;/q-1;;;;;;. The van der Waals surface area contributed by atoms with E-state index in [1.54, 1.807) is 32.4 Å². The Kier molecular flexibility index (Phi) is 22.4. The van der Waals surface area contributed by atoms with Crippen molar-refractivity contribution in [2.24, 2.45) is 5.41 Å². The van der Waals surface area contributed by atoms with Crippen molar-refractivity contribution < 1.29 is 115 Å². The molecule has 0 aromatic rings. The summed E-state index contributed by atoms with van der Waals surface area (Å²) in [6, 6.07) is 0.515. The van der Waals surface area contributed by atoms with E-state index in [0.29, 0.717) is 6.04 Å². The van der Waals surface area contributed by atoms with Crippen LogP contribution >= 0.6 is 0 Å². The molecule has 1 aliphatic heterocycles. The van der Waals surface area contributed by atoms with Gasteiger partial charge in [-0.25, -0.2) is 0 Å². The van der Waals surface area contributed by atoms with E-state index in [1.165, 1.54) is 23.4 Å². The Balaban J connectivity index is -0.000000244. The van der Waals surface area contributed by atoms with Gasteiger partial charge in [0, 0.05) is 63.2 Å². The van der Waals surface area contributed by atoms with Crippen LogP contribution in [0.5, 0.6) is 0 Å². The number of rotatable bonds is 0. The van der Waals surface area contributed by atoms with Crippen molar-refractivity contribution in [1.29, 1.82) is 0 Å². The molecule has 1 aliphatic rings. The van der Waals surface area contributed by atoms with Crippen molar-refractivity contribution in [2.75, 3.05) is 13.1 Å². The zero-order chi connectivity index (χ0) is 13.9. The second-order valence-corrected chi connectivity index (χ2v) is 7.86. The molecule has 8 heteroatoms. The molecule has 20 heavy (non-hydrogen) atoms. The Hall–Kier alpha value is 3.92. The van der Waals surface area contributed by atoms with Gasteiger partial charge in [0.15, 0.2) is 0 Å². The van der Waals surface area contributed by atoms with Gasteiger partial charge in [-0.05, 0) is 0 Å². The summed E-state index contributed by atoms with van der Waals surface area (Å²) in [5, 5.41) is 4.65. The zero-order valence-electron chi connectivity index (χ0n) is 12.8. The van der Waals surface area contributed by atoms with Crippen molar-refractivity contribution in [2.45, 2.75) is 53.1 Å². The van der Waals surface area contributed by atoms with Crippen LogP contribution in [0, 0.1) is 5.41 Å². The van der Waals surface area contributed by atoms with Crippen LogP contribution in [0.1, 0.15) is 41.5 Å². The summed E-state index contributed by atoms with van der Waals surface area (Å²) >= 11 is 4.86. The first-order chi connectivity index (χ1) is 7.64. The SMILES string of the molecule is CC(C)(C)C1[C](=[W])[N-]CCN1C(C)(C)C.[W].[W].[W].[W]=[W]. The van der Waals surface area contributed by atoms with Crippen LogP contribution < -0.4 is 0 Å². The fraction of sp³-hybridized carbons (Fsp3) is 0.917. The fourth-order valence-electron chi connectivity index (χ4n) is 2.18. The van der Waals surface area contributed by atoms with Gasteiger partial charge in [0.2, 0.25) is 0 Å². The molecule has 1 rings (SSSR count). The molecule has 1 saturated heterocycles. The van der Waals surface area contributed by atoms with Crippen LogP contribution in [0.3, 0.4) is 0 Å². The minimum absolute atomic E-state index is 0. The number of hydrogen-bond acceptors (Lipinski definition) is 1. The zero-order valence-corrected chi connectivity index (χ0v) is 30.4. The van der Waals surface area contributed by atoms with Crippen LogP contribution in [0.2, 0.25) is 0 Å². The summed E-state index contributed by atoms with van der Waals surface area (Å²) in [5.74, 6) is 0. The van der Waals surface area contributed by atoms with Crippen LogP contribution in [-0.4, -0.2) is 33.6 Å². The van der Waals surface area contributed by atoms with E-state index in [4.69, 9.17) is 0 Å². The molecular weight excluding hydrogens is 1280 g/mol. The third-order valence-corrected chi connectivity index (χ3v) is 4.10. The molecule has 1 fully saturated rings. The van der Waals surface area contributed by atoms with Gasteiger partial charge in [-0.3, -0.25) is 0 Å². The van der Waals surface area contributed by atoms with Crippen molar-refractivity contribution in [3.05, 3.63) is 5.32 Å². The molecule has 1 heterocycles. The molecule has 0 aromatic carbocycles. The molecule has 0 saturated carbocycles. The van der Waals surface area contributed by atoms with Crippen LogP contribution in [0.25, 0.3) is 5.32 Å². The van der Waals surface area contributed by atoms with Gasteiger partial charge in [-0.15, -0.1) is 0 Å². The quantitative estimate of drug-likeness (QED) is 0.366. The molecule has 1 unspecified atom stereocenters. The number of hydrogen-bond donors (Lipinski definition) is 0. The average Bonchev–Trinajstić information content (AvgIpc) is 2.17. The molecule has 0 radical (unpaired) electrons. The summed E-state index contributed by atoms with van der Waals surface area (Å²) in [4.78, 5) is 2.61. The normalized spacial score (nSPS) is 19.5. The fourth-order valence-corrected chi connectivity index (χ4v) is 4.23. The first-order valence-electron chi connectivity index (χ1n) is 5.79. The first kappa shape index (κ1) is 31.7. The van der Waals surface area contributed by atoms with E-state index >= 15 is 0 Å². The van der Waals surface area contributed by atoms with E-state index in [0.717, 1.165) is 13.1 Å². The van der Waals surface area contributed by atoms with E-state index < -0.39 is 0 Å². The molecule has 0 bridgehead atoms. The molecular formula is C12H23N2W6-. The monoisotopic (exact) mass is 1300 g/mol. The van der Waals surface area contributed by atoms with Crippen LogP contribution in [0.4, 0.5) is 0 Å². The molecule has 2 nitrogen and oxygen atoms in total. The summed E-state index contributed by atoms with van der Waals surface area (Å²) in [7, 11) is 0. The molecule has 1 atom stereocenters. The Morgan fingerprint density at radius 1 is 1.00 bits per heavy atom. The molecule has 0 N–H and O–H groups in total. The van der Waals surface area contributed by atoms with E-state index in [1.807, 2.05) is 0 Å². The summed E-state index contributed by atoms with van der Waals surface area (Å²) in [6.07, 6.45) is 0. The van der Waals surface area contributed by atoms with E-state index in [9.17, 15) is 0 Å². The molecule has 0 spiro atoms. The van der Waals surface area contributed by atoms with Gasteiger partial charge >= 0.3 is 138 Å². The summed E-state index contributed by atoms with van der Waals surface area (Å²) in [5.41, 5.74) is 0.531. The third-order valence-electron chi connectivity index (χ3n) is 2.84. The topological polar surface area (TPSA) is 17.3 Å². The first-order valence-corrected chi connectivity index (χ1v) is 18.3. The number of nitrogens with zero attached hydrogens (tertiary/aromatic N) is 2. The molecule has 0 aromatic heterocycles. The Labute approximate surface area is 197 Å². The molecule has 0 amide bonds. The van der Waals surface area contributed by atoms with Crippen molar-refractivity contribution >= 4 is 4.02 Å². The van der Waals surface area contributed by atoms with Gasteiger partial charge in [-0.1, -0.05) is 0 Å². The Morgan fingerprint density at radius 2 is 1.40 bits per heavy atom. The predicted octanol–water partition coefficient (Wildman–Crippen LogP) is 2.55. The second kappa shape index (κ2) is 14.1. The number of piperazine rings is 1. The third kappa shape index (κ3) is 10.7.